The van der Waals surface area contributed by atoms with Gasteiger partial charge in [0.25, 0.3) is 5.91 Å². The van der Waals surface area contributed by atoms with Crippen molar-refractivity contribution in [2.45, 2.75) is 19.8 Å². The zero-order chi connectivity index (χ0) is 25.7. The summed E-state index contributed by atoms with van der Waals surface area (Å²) in [5.74, 6) is -0.0255. The number of hydrogen-bond donors (Lipinski definition) is 0. The molecule has 0 radical (unpaired) electrons. The van der Waals surface area contributed by atoms with E-state index in [1.165, 1.54) is 4.90 Å². The van der Waals surface area contributed by atoms with Gasteiger partial charge < -0.3 is 19.3 Å². The summed E-state index contributed by atoms with van der Waals surface area (Å²) in [6.07, 6.45) is 1.14. The maximum Gasteiger partial charge on any atom is 0.309 e. The van der Waals surface area contributed by atoms with E-state index in [1.54, 1.807) is 32.0 Å². The number of methoxy groups -OCH3 is 1. The second kappa shape index (κ2) is 11.2. The molecule has 1 fully saturated rings. The fraction of sp³-hybridized carbons (Fsp3) is 0.357. The molecule has 188 valence electrons. The molecule has 2 amide bonds. The van der Waals surface area contributed by atoms with Crippen molar-refractivity contribution in [2.75, 3.05) is 40.4 Å². The molecule has 2 heterocycles. The molecule has 8 nitrogen and oxygen atoms in total. The van der Waals surface area contributed by atoms with Gasteiger partial charge in [-0.25, -0.2) is 4.98 Å². The second-order valence-electron chi connectivity index (χ2n) is 8.87. The van der Waals surface area contributed by atoms with Gasteiger partial charge in [-0.1, -0.05) is 18.2 Å². The van der Waals surface area contributed by atoms with Crippen LogP contribution in [0.5, 0.6) is 5.75 Å². The number of amides is 2. The molecule has 8 heteroatoms. The summed E-state index contributed by atoms with van der Waals surface area (Å²) in [7, 11) is 3.24. The summed E-state index contributed by atoms with van der Waals surface area (Å²) in [6, 6.07) is 16.8. The lowest BCUT2D eigenvalue weighted by Crippen LogP contribution is -2.45. The van der Waals surface area contributed by atoms with Crippen LogP contribution in [-0.4, -0.2) is 73.0 Å². The van der Waals surface area contributed by atoms with Gasteiger partial charge >= 0.3 is 5.97 Å². The lowest BCUT2D eigenvalue weighted by Gasteiger charge is -2.32. The second-order valence-corrected chi connectivity index (χ2v) is 8.87. The first kappa shape index (κ1) is 25.2. The molecule has 1 aromatic heterocycles. The van der Waals surface area contributed by atoms with Crippen LogP contribution in [0.2, 0.25) is 0 Å². The number of aromatic nitrogens is 1. The Morgan fingerprint density at radius 3 is 2.42 bits per heavy atom. The van der Waals surface area contributed by atoms with E-state index in [-0.39, 0.29) is 30.2 Å². The Balaban J connectivity index is 1.50. The van der Waals surface area contributed by atoms with Crippen LogP contribution < -0.4 is 4.74 Å². The average molecular weight is 490 g/mol. The Kier molecular flexibility index (Phi) is 7.83. The molecule has 0 unspecified atom stereocenters. The molecule has 36 heavy (non-hydrogen) atoms. The monoisotopic (exact) mass is 489 g/mol. The summed E-state index contributed by atoms with van der Waals surface area (Å²) in [4.78, 5) is 46.4. The highest BCUT2D eigenvalue weighted by molar-refractivity contribution is 6.07. The molecule has 0 N–H and O–H groups in total. The van der Waals surface area contributed by atoms with Crippen LogP contribution in [0.15, 0.2) is 54.6 Å². The quantitative estimate of drug-likeness (QED) is 0.469. The van der Waals surface area contributed by atoms with E-state index in [4.69, 9.17) is 14.5 Å². The fourth-order valence-electron chi connectivity index (χ4n) is 4.47. The highest BCUT2D eigenvalue weighted by atomic mass is 16.5. The number of rotatable bonds is 7. The minimum absolute atomic E-state index is 0.0442. The topological polar surface area (TPSA) is 89.0 Å². The smallest absolute Gasteiger partial charge is 0.309 e. The molecule has 0 saturated carbocycles. The average Bonchev–Trinajstić information content (AvgIpc) is 2.92. The van der Waals surface area contributed by atoms with Gasteiger partial charge in [-0.3, -0.25) is 14.4 Å². The first-order chi connectivity index (χ1) is 17.4. The largest absolute Gasteiger partial charge is 0.497 e. The number of hydrogen-bond acceptors (Lipinski definition) is 6. The highest BCUT2D eigenvalue weighted by Crippen LogP contribution is 2.27. The van der Waals surface area contributed by atoms with Crippen molar-refractivity contribution < 1.29 is 23.9 Å². The van der Waals surface area contributed by atoms with Crippen LogP contribution >= 0.6 is 0 Å². The Morgan fingerprint density at radius 1 is 1.06 bits per heavy atom. The van der Waals surface area contributed by atoms with E-state index in [0.29, 0.717) is 49.3 Å². The molecule has 0 spiro atoms. The molecule has 1 saturated heterocycles. The zero-order valence-corrected chi connectivity index (χ0v) is 20.9. The van der Waals surface area contributed by atoms with Gasteiger partial charge in [-0.2, -0.15) is 0 Å². The third-order valence-corrected chi connectivity index (χ3v) is 6.52. The van der Waals surface area contributed by atoms with E-state index in [1.807, 2.05) is 48.5 Å². The summed E-state index contributed by atoms with van der Waals surface area (Å²) in [5.41, 5.74) is 2.72. The van der Waals surface area contributed by atoms with Gasteiger partial charge in [-0.05, 0) is 56.2 Å². The number of carbonyl (C=O) groups is 3. The van der Waals surface area contributed by atoms with Crippen molar-refractivity contribution in [3.8, 4) is 17.0 Å². The Labute approximate surface area is 210 Å². The predicted octanol–water partition coefficient (Wildman–Crippen LogP) is 3.78. The van der Waals surface area contributed by atoms with Gasteiger partial charge in [0.2, 0.25) is 5.91 Å². The number of nitrogens with zero attached hydrogens (tertiary/aromatic N) is 3. The summed E-state index contributed by atoms with van der Waals surface area (Å²) >= 11 is 0. The van der Waals surface area contributed by atoms with Crippen LogP contribution in [0.1, 0.15) is 30.1 Å². The van der Waals surface area contributed by atoms with E-state index in [2.05, 4.69) is 0 Å². The predicted molar refractivity (Wildman–Crippen MR) is 137 cm³/mol. The van der Waals surface area contributed by atoms with Crippen molar-refractivity contribution in [2.24, 2.45) is 5.92 Å². The molecule has 1 aliphatic heterocycles. The normalized spacial score (nSPS) is 13.9. The van der Waals surface area contributed by atoms with E-state index < -0.39 is 0 Å². The fourth-order valence-corrected chi connectivity index (χ4v) is 4.47. The van der Waals surface area contributed by atoms with Crippen LogP contribution in [-0.2, 0) is 14.3 Å². The van der Waals surface area contributed by atoms with Gasteiger partial charge in [-0.15, -0.1) is 0 Å². The zero-order valence-electron chi connectivity index (χ0n) is 20.9. The number of likely N-dealkylation sites (tertiary alicyclic amines) is 1. The van der Waals surface area contributed by atoms with Gasteiger partial charge in [0, 0.05) is 31.1 Å². The lowest BCUT2D eigenvalue weighted by molar-refractivity contribution is -0.151. The van der Waals surface area contributed by atoms with Crippen LogP contribution in [0, 0.1) is 5.92 Å². The Bertz CT molecular complexity index is 1250. The molecular formula is C28H31N3O5. The third kappa shape index (κ3) is 5.48. The lowest BCUT2D eigenvalue weighted by atomic mass is 9.97. The van der Waals surface area contributed by atoms with Crippen molar-refractivity contribution >= 4 is 28.7 Å². The minimum atomic E-state index is -0.252. The summed E-state index contributed by atoms with van der Waals surface area (Å²) in [6.45, 7) is 3.05. The summed E-state index contributed by atoms with van der Waals surface area (Å²) < 4.78 is 10.3. The van der Waals surface area contributed by atoms with Crippen molar-refractivity contribution in [3.63, 3.8) is 0 Å². The van der Waals surface area contributed by atoms with Gasteiger partial charge in [0.15, 0.2) is 0 Å². The van der Waals surface area contributed by atoms with Gasteiger partial charge in [0.05, 0.1) is 43.0 Å². The SMILES string of the molecule is CCOC(=O)C1CCN(C(=O)CN(C)C(=O)c2cc(-c3ccc(OC)cc3)nc3ccccc23)CC1. The number of fused-ring (bicyclic) bond motifs is 1. The highest BCUT2D eigenvalue weighted by Gasteiger charge is 2.29. The van der Waals surface area contributed by atoms with Crippen molar-refractivity contribution in [3.05, 3.63) is 60.2 Å². The Hall–Kier alpha value is -3.94. The molecule has 0 aliphatic carbocycles. The van der Waals surface area contributed by atoms with Crippen molar-refractivity contribution in [1.82, 2.24) is 14.8 Å². The number of benzene rings is 2. The number of esters is 1. The molecule has 2 aromatic carbocycles. The summed E-state index contributed by atoms with van der Waals surface area (Å²) in [5, 5.41) is 0.731. The van der Waals surface area contributed by atoms with E-state index in [0.717, 1.165) is 16.7 Å². The van der Waals surface area contributed by atoms with Crippen LogP contribution in [0.3, 0.4) is 0 Å². The number of piperidine rings is 1. The molecule has 1 aliphatic rings. The third-order valence-electron chi connectivity index (χ3n) is 6.52. The van der Waals surface area contributed by atoms with E-state index in [9.17, 15) is 14.4 Å². The van der Waals surface area contributed by atoms with Crippen LogP contribution in [0.4, 0.5) is 0 Å². The van der Waals surface area contributed by atoms with E-state index >= 15 is 0 Å². The Morgan fingerprint density at radius 2 is 1.75 bits per heavy atom. The minimum Gasteiger partial charge on any atom is -0.497 e. The molecule has 0 bridgehead atoms. The first-order valence-electron chi connectivity index (χ1n) is 12.1. The standard InChI is InChI=1S/C28H31N3O5/c1-4-36-28(34)20-13-15-31(16-14-20)26(32)18-30(2)27(33)23-17-25(19-9-11-21(35-3)12-10-19)29-24-8-6-5-7-22(23)24/h5-12,17,20H,4,13-16,18H2,1-3H3. The number of para-hydroxylation sites is 1. The van der Waals surface area contributed by atoms with Gasteiger partial charge in [0.1, 0.15) is 5.75 Å². The molecular weight excluding hydrogens is 458 g/mol. The molecule has 3 aromatic rings. The number of likely N-dealkylation sites (N-methyl/N-ethyl adjacent to an activating group) is 1. The first-order valence-corrected chi connectivity index (χ1v) is 12.1. The molecule has 4 rings (SSSR count). The number of carbonyl (C=O) groups excluding carboxylic acids is 3. The molecule has 0 atom stereocenters. The van der Waals surface area contributed by atoms with Crippen molar-refractivity contribution in [1.29, 1.82) is 0 Å². The number of ether oxygens (including phenoxy) is 2. The number of pyridine rings is 1. The van der Waals surface area contributed by atoms with Crippen LogP contribution in [0.25, 0.3) is 22.2 Å². The maximum atomic E-state index is 13.5. The maximum absolute atomic E-state index is 13.5.